The Hall–Kier alpha value is -1.10. The molecule has 0 aromatic carbocycles. The second-order valence-corrected chi connectivity index (χ2v) is 6.10. The molecule has 2 amide bonds. The minimum atomic E-state index is -0.0275. The maximum Gasteiger partial charge on any atom is 0.225 e. The summed E-state index contributed by atoms with van der Waals surface area (Å²) in [5.41, 5.74) is 0. The largest absolute Gasteiger partial charge is 0.354 e. The number of nitrogens with one attached hydrogen (secondary N) is 2. The lowest BCUT2D eigenvalue weighted by atomic mass is 9.96. The van der Waals surface area contributed by atoms with Crippen molar-refractivity contribution in [3.63, 3.8) is 0 Å². The number of likely N-dealkylation sites (N-methyl/N-ethyl adjacent to an activating group) is 1. The molecule has 2 atom stereocenters. The van der Waals surface area contributed by atoms with Gasteiger partial charge in [0.05, 0.1) is 5.92 Å². The van der Waals surface area contributed by atoms with Gasteiger partial charge in [0, 0.05) is 31.6 Å². The molecule has 114 valence electrons. The first-order chi connectivity index (χ1) is 9.61. The lowest BCUT2D eigenvalue weighted by Crippen LogP contribution is -2.48. The predicted octanol–water partition coefficient (Wildman–Crippen LogP) is 0.749. The molecule has 0 aromatic rings. The Bertz CT molecular complexity index is 355. The Labute approximate surface area is 121 Å². The van der Waals surface area contributed by atoms with Crippen LogP contribution in [0.3, 0.4) is 0 Å². The average molecular weight is 281 g/mol. The Morgan fingerprint density at radius 3 is 2.65 bits per heavy atom. The van der Waals surface area contributed by atoms with Crippen LogP contribution in [0.25, 0.3) is 0 Å². The zero-order valence-electron chi connectivity index (χ0n) is 12.7. The molecule has 2 rings (SSSR count). The average Bonchev–Trinajstić information content (AvgIpc) is 3.29. The molecule has 1 saturated carbocycles. The number of hydrogen-bond donors (Lipinski definition) is 2. The number of rotatable bonds is 6. The number of likely N-dealkylation sites (tertiary alicyclic amines) is 1. The summed E-state index contributed by atoms with van der Waals surface area (Å²) in [6, 6.07) is 0.289. The van der Waals surface area contributed by atoms with E-state index in [1.165, 1.54) is 0 Å². The van der Waals surface area contributed by atoms with E-state index < -0.39 is 0 Å². The van der Waals surface area contributed by atoms with Crippen molar-refractivity contribution >= 4 is 11.8 Å². The van der Waals surface area contributed by atoms with Gasteiger partial charge in [0.25, 0.3) is 0 Å². The van der Waals surface area contributed by atoms with Crippen LogP contribution in [-0.2, 0) is 9.59 Å². The molecule has 2 fully saturated rings. The summed E-state index contributed by atoms with van der Waals surface area (Å²) in [4.78, 5) is 26.1. The quantitative estimate of drug-likeness (QED) is 0.755. The number of hydrogen-bond acceptors (Lipinski definition) is 3. The fourth-order valence-corrected chi connectivity index (χ4v) is 2.80. The molecule has 1 saturated heterocycles. The molecule has 1 heterocycles. The van der Waals surface area contributed by atoms with Crippen molar-refractivity contribution in [3.8, 4) is 0 Å². The summed E-state index contributed by atoms with van der Waals surface area (Å²) < 4.78 is 0. The molecule has 1 aliphatic carbocycles. The molecule has 1 unspecified atom stereocenters. The summed E-state index contributed by atoms with van der Waals surface area (Å²) in [7, 11) is 0. The molecular formula is C15H27N3O2. The second kappa shape index (κ2) is 7.07. The van der Waals surface area contributed by atoms with Gasteiger partial charge in [-0.15, -0.1) is 0 Å². The maximum absolute atomic E-state index is 12.2. The van der Waals surface area contributed by atoms with Crippen LogP contribution in [0.1, 0.15) is 39.5 Å². The Balaban J connectivity index is 1.76. The van der Waals surface area contributed by atoms with E-state index in [2.05, 4.69) is 24.5 Å². The van der Waals surface area contributed by atoms with E-state index in [0.717, 1.165) is 38.8 Å². The zero-order chi connectivity index (χ0) is 14.5. The number of carbonyl (C=O) groups is 2. The van der Waals surface area contributed by atoms with Crippen LogP contribution in [0, 0.1) is 11.8 Å². The summed E-state index contributed by atoms with van der Waals surface area (Å²) in [5, 5.41) is 6.28. The molecule has 20 heavy (non-hydrogen) atoms. The lowest BCUT2D eigenvalue weighted by Gasteiger charge is -2.32. The first-order valence-electron chi connectivity index (χ1n) is 7.91. The second-order valence-electron chi connectivity index (χ2n) is 6.10. The minimum absolute atomic E-state index is 0.0275. The molecule has 2 N–H and O–H groups in total. The maximum atomic E-state index is 12.2. The van der Waals surface area contributed by atoms with E-state index in [1.807, 2.05) is 4.90 Å². The Kier molecular flexibility index (Phi) is 5.40. The number of nitrogens with zero attached hydrogens (tertiary/aromatic N) is 1. The van der Waals surface area contributed by atoms with Crippen LogP contribution in [0.4, 0.5) is 0 Å². The number of carbonyl (C=O) groups excluding carboxylic acids is 2. The van der Waals surface area contributed by atoms with Gasteiger partial charge in [-0.1, -0.05) is 6.92 Å². The Morgan fingerprint density at radius 2 is 2.00 bits per heavy atom. The third kappa shape index (κ3) is 4.20. The van der Waals surface area contributed by atoms with Crippen LogP contribution < -0.4 is 10.6 Å². The molecular weight excluding hydrogens is 254 g/mol. The van der Waals surface area contributed by atoms with Crippen molar-refractivity contribution in [2.45, 2.75) is 45.6 Å². The standard InChI is InChI=1S/C15H27N3O2/c1-3-16-11(2)9-17-14(19)13-5-4-8-18(10-13)15(20)12-6-7-12/h11-13,16H,3-10H2,1-2H3,(H,17,19)/t11-,13?/m1/s1. The monoisotopic (exact) mass is 281 g/mol. The Morgan fingerprint density at radius 1 is 1.25 bits per heavy atom. The summed E-state index contributed by atoms with van der Waals surface area (Å²) in [6.45, 7) is 7.11. The number of amides is 2. The highest BCUT2D eigenvalue weighted by Crippen LogP contribution is 2.32. The van der Waals surface area contributed by atoms with Crippen LogP contribution in [-0.4, -0.2) is 48.9 Å². The van der Waals surface area contributed by atoms with E-state index in [4.69, 9.17) is 0 Å². The molecule has 0 radical (unpaired) electrons. The highest BCUT2D eigenvalue weighted by molar-refractivity contribution is 5.83. The SMILES string of the molecule is CCN[C@H](C)CNC(=O)C1CCCN(C(=O)C2CC2)C1. The first-order valence-corrected chi connectivity index (χ1v) is 7.91. The van der Waals surface area contributed by atoms with Gasteiger partial charge in [-0.25, -0.2) is 0 Å². The highest BCUT2D eigenvalue weighted by Gasteiger charge is 2.36. The van der Waals surface area contributed by atoms with Gasteiger partial charge in [0.2, 0.25) is 11.8 Å². The molecule has 2 aliphatic rings. The van der Waals surface area contributed by atoms with Crippen LogP contribution >= 0.6 is 0 Å². The molecule has 0 spiro atoms. The third-order valence-electron chi connectivity index (χ3n) is 4.17. The molecule has 0 bridgehead atoms. The van der Waals surface area contributed by atoms with E-state index in [1.54, 1.807) is 0 Å². The van der Waals surface area contributed by atoms with Gasteiger partial charge in [-0.2, -0.15) is 0 Å². The van der Waals surface area contributed by atoms with Crippen molar-refractivity contribution in [3.05, 3.63) is 0 Å². The van der Waals surface area contributed by atoms with Crippen molar-refractivity contribution in [2.24, 2.45) is 11.8 Å². The first kappa shape index (κ1) is 15.3. The zero-order valence-corrected chi connectivity index (χ0v) is 12.7. The van der Waals surface area contributed by atoms with Gasteiger partial charge in [-0.3, -0.25) is 9.59 Å². The van der Waals surface area contributed by atoms with Crippen molar-refractivity contribution < 1.29 is 9.59 Å². The van der Waals surface area contributed by atoms with Gasteiger partial charge < -0.3 is 15.5 Å². The summed E-state index contributed by atoms with van der Waals surface area (Å²) in [5.74, 6) is 0.595. The van der Waals surface area contributed by atoms with E-state index in [-0.39, 0.29) is 29.7 Å². The third-order valence-corrected chi connectivity index (χ3v) is 4.17. The van der Waals surface area contributed by atoms with E-state index >= 15 is 0 Å². The van der Waals surface area contributed by atoms with Crippen LogP contribution in [0.15, 0.2) is 0 Å². The van der Waals surface area contributed by atoms with Crippen molar-refractivity contribution in [2.75, 3.05) is 26.2 Å². The normalized spacial score (nSPS) is 24.3. The highest BCUT2D eigenvalue weighted by atomic mass is 16.2. The van der Waals surface area contributed by atoms with Crippen molar-refractivity contribution in [1.82, 2.24) is 15.5 Å². The van der Waals surface area contributed by atoms with E-state index in [0.29, 0.717) is 13.1 Å². The summed E-state index contributed by atoms with van der Waals surface area (Å²) >= 11 is 0. The van der Waals surface area contributed by atoms with Gasteiger partial charge in [0.1, 0.15) is 0 Å². The minimum Gasteiger partial charge on any atom is -0.354 e. The van der Waals surface area contributed by atoms with Crippen LogP contribution in [0.5, 0.6) is 0 Å². The molecule has 5 nitrogen and oxygen atoms in total. The fourth-order valence-electron chi connectivity index (χ4n) is 2.80. The van der Waals surface area contributed by atoms with E-state index in [9.17, 15) is 9.59 Å². The lowest BCUT2D eigenvalue weighted by molar-refractivity contribution is -0.136. The van der Waals surface area contributed by atoms with Gasteiger partial charge >= 0.3 is 0 Å². The smallest absolute Gasteiger partial charge is 0.225 e. The fraction of sp³-hybridized carbons (Fsp3) is 0.867. The van der Waals surface area contributed by atoms with Gasteiger partial charge in [-0.05, 0) is 39.2 Å². The molecule has 5 heteroatoms. The van der Waals surface area contributed by atoms with Crippen LogP contribution in [0.2, 0.25) is 0 Å². The topological polar surface area (TPSA) is 61.4 Å². The molecule has 1 aliphatic heterocycles. The predicted molar refractivity (Wildman–Crippen MR) is 78.2 cm³/mol. The molecule has 0 aromatic heterocycles. The summed E-state index contributed by atoms with van der Waals surface area (Å²) in [6.07, 6.45) is 3.91. The van der Waals surface area contributed by atoms with Crippen molar-refractivity contribution in [1.29, 1.82) is 0 Å². The number of piperidine rings is 1. The van der Waals surface area contributed by atoms with Gasteiger partial charge in [0.15, 0.2) is 0 Å².